The van der Waals surface area contributed by atoms with Crippen LogP contribution in [0, 0.1) is 17.7 Å². The first kappa shape index (κ1) is 15.9. The highest BCUT2D eigenvalue weighted by Gasteiger charge is 2.27. The topological polar surface area (TPSA) is 21.3 Å². The van der Waals surface area contributed by atoms with Crippen LogP contribution in [0.15, 0.2) is 22.7 Å². The van der Waals surface area contributed by atoms with Gasteiger partial charge in [0, 0.05) is 19.1 Å². The van der Waals surface area contributed by atoms with Gasteiger partial charge < -0.3 is 10.1 Å². The number of halogens is 2. The molecule has 1 aromatic carbocycles. The molecule has 1 heterocycles. The van der Waals surface area contributed by atoms with Gasteiger partial charge >= 0.3 is 0 Å². The molecular weight excluding hydrogens is 321 g/mol. The molecule has 0 aromatic heterocycles. The van der Waals surface area contributed by atoms with E-state index in [-0.39, 0.29) is 11.9 Å². The minimum absolute atomic E-state index is 0.00557. The van der Waals surface area contributed by atoms with E-state index in [0.717, 1.165) is 38.1 Å². The SMILES string of the molecule is CC(C)CNCC1CCCOC1c1ccc(Br)c(F)c1. The maximum atomic E-state index is 13.7. The summed E-state index contributed by atoms with van der Waals surface area (Å²) in [6.45, 7) is 7.11. The van der Waals surface area contributed by atoms with Crippen molar-refractivity contribution in [1.82, 2.24) is 5.32 Å². The van der Waals surface area contributed by atoms with E-state index < -0.39 is 0 Å². The predicted molar refractivity (Wildman–Crippen MR) is 83.2 cm³/mol. The van der Waals surface area contributed by atoms with Gasteiger partial charge in [0.05, 0.1) is 10.6 Å². The molecule has 1 aromatic rings. The number of hydrogen-bond donors (Lipinski definition) is 1. The van der Waals surface area contributed by atoms with Gasteiger partial charge in [-0.05, 0) is 58.9 Å². The van der Waals surface area contributed by atoms with Gasteiger partial charge in [-0.2, -0.15) is 0 Å². The maximum absolute atomic E-state index is 13.7. The van der Waals surface area contributed by atoms with Crippen LogP contribution in [0.4, 0.5) is 4.39 Å². The predicted octanol–water partition coefficient (Wildman–Crippen LogP) is 4.30. The number of rotatable bonds is 5. The zero-order chi connectivity index (χ0) is 14.5. The van der Waals surface area contributed by atoms with Crippen LogP contribution in [0.2, 0.25) is 0 Å². The molecule has 1 fully saturated rings. The Kier molecular flexibility index (Phi) is 6.00. The third-order valence-electron chi connectivity index (χ3n) is 3.68. The van der Waals surface area contributed by atoms with Crippen LogP contribution in [0.5, 0.6) is 0 Å². The Labute approximate surface area is 129 Å². The summed E-state index contributed by atoms with van der Waals surface area (Å²) in [5, 5.41) is 3.50. The third kappa shape index (κ3) is 4.27. The van der Waals surface area contributed by atoms with Crippen LogP contribution < -0.4 is 5.32 Å². The van der Waals surface area contributed by atoms with Crippen LogP contribution in [-0.4, -0.2) is 19.7 Å². The zero-order valence-electron chi connectivity index (χ0n) is 12.2. The molecular formula is C16H23BrFNO. The molecule has 2 nitrogen and oxygen atoms in total. The van der Waals surface area contributed by atoms with Gasteiger partial charge in [-0.15, -0.1) is 0 Å². The molecule has 0 saturated carbocycles. The molecule has 0 radical (unpaired) electrons. The normalized spacial score (nSPS) is 23.2. The third-order valence-corrected chi connectivity index (χ3v) is 4.32. The van der Waals surface area contributed by atoms with Crippen LogP contribution in [-0.2, 0) is 4.74 Å². The van der Waals surface area contributed by atoms with Crippen molar-refractivity contribution in [2.24, 2.45) is 11.8 Å². The first-order valence-corrected chi connectivity index (χ1v) is 8.14. The molecule has 1 saturated heterocycles. The number of ether oxygens (including phenoxy) is 1. The fourth-order valence-corrected chi connectivity index (χ4v) is 2.91. The molecule has 2 atom stereocenters. The lowest BCUT2D eigenvalue weighted by atomic mass is 9.89. The average molecular weight is 344 g/mol. The molecule has 2 rings (SSSR count). The maximum Gasteiger partial charge on any atom is 0.137 e. The first-order chi connectivity index (χ1) is 9.58. The molecule has 4 heteroatoms. The van der Waals surface area contributed by atoms with Crippen molar-refractivity contribution in [1.29, 1.82) is 0 Å². The van der Waals surface area contributed by atoms with E-state index in [9.17, 15) is 4.39 Å². The van der Waals surface area contributed by atoms with Gasteiger partial charge in [0.25, 0.3) is 0 Å². The van der Waals surface area contributed by atoms with Crippen LogP contribution in [0.25, 0.3) is 0 Å². The summed E-state index contributed by atoms with van der Waals surface area (Å²) in [7, 11) is 0. The summed E-state index contributed by atoms with van der Waals surface area (Å²) in [6, 6.07) is 5.31. The standard InChI is InChI=1S/C16H23BrFNO/c1-11(2)9-19-10-13-4-3-7-20-16(13)12-5-6-14(17)15(18)8-12/h5-6,8,11,13,16,19H,3-4,7,9-10H2,1-2H3. The van der Waals surface area contributed by atoms with Gasteiger partial charge in [0.1, 0.15) is 5.82 Å². The van der Waals surface area contributed by atoms with E-state index in [4.69, 9.17) is 4.74 Å². The Hall–Kier alpha value is -0.450. The van der Waals surface area contributed by atoms with Crippen LogP contribution >= 0.6 is 15.9 Å². The smallest absolute Gasteiger partial charge is 0.137 e. The van der Waals surface area contributed by atoms with E-state index in [1.165, 1.54) is 0 Å². The van der Waals surface area contributed by atoms with Crippen molar-refractivity contribution in [3.05, 3.63) is 34.1 Å². The Morgan fingerprint density at radius 2 is 2.25 bits per heavy atom. The highest BCUT2D eigenvalue weighted by molar-refractivity contribution is 9.10. The molecule has 0 bridgehead atoms. The Bertz CT molecular complexity index is 438. The molecule has 1 aliphatic rings. The van der Waals surface area contributed by atoms with Gasteiger partial charge in [-0.1, -0.05) is 19.9 Å². The monoisotopic (exact) mass is 343 g/mol. The van der Waals surface area contributed by atoms with Gasteiger partial charge in [-0.3, -0.25) is 0 Å². The van der Waals surface area contributed by atoms with E-state index in [1.54, 1.807) is 12.1 Å². The van der Waals surface area contributed by atoms with E-state index >= 15 is 0 Å². The lowest BCUT2D eigenvalue weighted by molar-refractivity contribution is -0.0280. The average Bonchev–Trinajstić information content (AvgIpc) is 2.42. The van der Waals surface area contributed by atoms with Crippen molar-refractivity contribution >= 4 is 15.9 Å². The number of nitrogens with one attached hydrogen (secondary N) is 1. The second kappa shape index (κ2) is 7.53. The van der Waals surface area contributed by atoms with Crippen molar-refractivity contribution in [3.63, 3.8) is 0 Å². The van der Waals surface area contributed by atoms with Crippen molar-refractivity contribution in [2.45, 2.75) is 32.8 Å². The Morgan fingerprint density at radius 1 is 1.45 bits per heavy atom. The van der Waals surface area contributed by atoms with Crippen molar-refractivity contribution in [2.75, 3.05) is 19.7 Å². The second-order valence-electron chi connectivity index (χ2n) is 5.92. The highest BCUT2D eigenvalue weighted by atomic mass is 79.9. The summed E-state index contributed by atoms with van der Waals surface area (Å²) >= 11 is 3.20. The van der Waals surface area contributed by atoms with Gasteiger partial charge in [0.2, 0.25) is 0 Å². The van der Waals surface area contributed by atoms with Crippen molar-refractivity contribution in [3.8, 4) is 0 Å². The quantitative estimate of drug-likeness (QED) is 0.860. The molecule has 2 unspecified atom stereocenters. The fraction of sp³-hybridized carbons (Fsp3) is 0.625. The molecule has 20 heavy (non-hydrogen) atoms. The second-order valence-corrected chi connectivity index (χ2v) is 6.77. The zero-order valence-corrected chi connectivity index (χ0v) is 13.7. The summed E-state index contributed by atoms with van der Waals surface area (Å²) in [4.78, 5) is 0. The lowest BCUT2D eigenvalue weighted by Gasteiger charge is -2.32. The molecule has 1 N–H and O–H groups in total. The van der Waals surface area contributed by atoms with Gasteiger partial charge in [-0.25, -0.2) is 4.39 Å². The minimum Gasteiger partial charge on any atom is -0.373 e. The summed E-state index contributed by atoms with van der Waals surface area (Å²) in [6.07, 6.45) is 2.22. The van der Waals surface area contributed by atoms with Crippen LogP contribution in [0.1, 0.15) is 38.4 Å². The fourth-order valence-electron chi connectivity index (χ4n) is 2.67. The largest absolute Gasteiger partial charge is 0.373 e. The first-order valence-electron chi connectivity index (χ1n) is 7.35. The molecule has 0 amide bonds. The lowest BCUT2D eigenvalue weighted by Crippen LogP contribution is -2.33. The number of benzene rings is 1. The molecule has 1 aliphatic heterocycles. The highest BCUT2D eigenvalue weighted by Crippen LogP contribution is 2.34. The summed E-state index contributed by atoms with van der Waals surface area (Å²) in [5.74, 6) is 0.844. The molecule has 112 valence electrons. The van der Waals surface area contributed by atoms with E-state index in [2.05, 4.69) is 35.1 Å². The summed E-state index contributed by atoms with van der Waals surface area (Å²) in [5.41, 5.74) is 0.946. The summed E-state index contributed by atoms with van der Waals surface area (Å²) < 4.78 is 20.1. The van der Waals surface area contributed by atoms with Crippen LogP contribution in [0.3, 0.4) is 0 Å². The molecule has 0 spiro atoms. The minimum atomic E-state index is -0.217. The number of hydrogen-bond acceptors (Lipinski definition) is 2. The Morgan fingerprint density at radius 3 is 2.95 bits per heavy atom. The van der Waals surface area contributed by atoms with Crippen molar-refractivity contribution < 1.29 is 9.13 Å². The molecule has 0 aliphatic carbocycles. The van der Waals surface area contributed by atoms with E-state index in [0.29, 0.717) is 16.3 Å². The van der Waals surface area contributed by atoms with E-state index in [1.807, 2.05) is 6.07 Å². The van der Waals surface area contributed by atoms with Gasteiger partial charge in [0.15, 0.2) is 0 Å². The Balaban J connectivity index is 2.03.